The van der Waals surface area contributed by atoms with Gasteiger partial charge < -0.3 is 5.11 Å². The van der Waals surface area contributed by atoms with Crippen LogP contribution in [0.15, 0.2) is 6.07 Å². The highest BCUT2D eigenvalue weighted by molar-refractivity contribution is 6.31. The summed E-state index contributed by atoms with van der Waals surface area (Å²) >= 11 is 5.09. The zero-order chi connectivity index (χ0) is 10.2. The number of carboxylic acid groups (broad SMARTS) is 1. The Kier molecular flexibility index (Phi) is 2.47. The lowest BCUT2D eigenvalue weighted by molar-refractivity contribution is 0.0685. The topological polar surface area (TPSA) is 37.3 Å². The van der Waals surface area contributed by atoms with Gasteiger partial charge in [0.1, 0.15) is 5.56 Å². The molecule has 70 valence electrons. The molecule has 2 nitrogen and oxygen atoms in total. The number of rotatable bonds is 1. The van der Waals surface area contributed by atoms with Crippen molar-refractivity contribution in [2.45, 2.75) is 0 Å². The van der Waals surface area contributed by atoms with Gasteiger partial charge in [0.2, 0.25) is 0 Å². The molecule has 0 atom stereocenters. The maximum Gasteiger partial charge on any atom is 0.341 e. The van der Waals surface area contributed by atoms with Gasteiger partial charge in [0, 0.05) is 0 Å². The van der Waals surface area contributed by atoms with Gasteiger partial charge >= 0.3 is 5.97 Å². The lowest BCUT2D eigenvalue weighted by atomic mass is 10.2. The van der Waals surface area contributed by atoms with Crippen LogP contribution in [0.25, 0.3) is 0 Å². The van der Waals surface area contributed by atoms with Crippen molar-refractivity contribution in [3.63, 3.8) is 0 Å². The van der Waals surface area contributed by atoms with Crippen LogP contribution in [0.3, 0.4) is 0 Å². The molecule has 0 fully saturated rings. The molecule has 0 bridgehead atoms. The first-order valence-electron chi connectivity index (χ1n) is 3.01. The molecule has 1 N–H and O–H groups in total. The molecule has 0 spiro atoms. The standard InChI is InChI=1S/C7H2ClF3O2/c8-2-1-3(9)6(11)4(5(2)10)7(12)13/h1H,(H,12,13). The summed E-state index contributed by atoms with van der Waals surface area (Å²) in [6.45, 7) is 0. The molecular weight excluding hydrogens is 209 g/mol. The summed E-state index contributed by atoms with van der Waals surface area (Å²) in [5.74, 6) is -6.64. The van der Waals surface area contributed by atoms with Crippen molar-refractivity contribution in [2.24, 2.45) is 0 Å². The van der Waals surface area contributed by atoms with Crippen LogP contribution in [0, 0.1) is 17.5 Å². The maximum atomic E-state index is 12.8. The van der Waals surface area contributed by atoms with Crippen LogP contribution in [-0.4, -0.2) is 11.1 Å². The van der Waals surface area contributed by atoms with Gasteiger partial charge in [0.15, 0.2) is 17.5 Å². The number of halogens is 4. The van der Waals surface area contributed by atoms with E-state index in [4.69, 9.17) is 16.7 Å². The highest BCUT2D eigenvalue weighted by atomic mass is 35.5. The van der Waals surface area contributed by atoms with Gasteiger partial charge in [-0.15, -0.1) is 0 Å². The number of carboxylic acids is 1. The molecule has 0 unspecified atom stereocenters. The van der Waals surface area contributed by atoms with Crippen LogP contribution in [0.5, 0.6) is 0 Å². The second-order valence-electron chi connectivity index (χ2n) is 2.15. The normalized spacial score (nSPS) is 10.2. The van der Waals surface area contributed by atoms with Gasteiger partial charge in [-0.25, -0.2) is 18.0 Å². The number of carbonyl (C=O) groups is 1. The van der Waals surface area contributed by atoms with Crippen molar-refractivity contribution in [3.05, 3.63) is 34.1 Å². The SMILES string of the molecule is O=C(O)c1c(F)c(F)cc(Cl)c1F. The lowest BCUT2D eigenvalue weighted by Gasteiger charge is -2.01. The van der Waals surface area contributed by atoms with Gasteiger partial charge in [-0.2, -0.15) is 0 Å². The van der Waals surface area contributed by atoms with Gasteiger partial charge in [-0.3, -0.25) is 0 Å². The summed E-state index contributed by atoms with van der Waals surface area (Å²) in [6.07, 6.45) is 0. The quantitative estimate of drug-likeness (QED) is 0.723. The van der Waals surface area contributed by atoms with E-state index in [2.05, 4.69) is 0 Å². The van der Waals surface area contributed by atoms with Gasteiger partial charge in [-0.05, 0) is 6.07 Å². The zero-order valence-electron chi connectivity index (χ0n) is 5.94. The molecule has 0 saturated heterocycles. The van der Waals surface area contributed by atoms with E-state index in [1.165, 1.54) is 0 Å². The molecule has 1 aromatic rings. The Bertz CT molecular complexity index is 352. The maximum absolute atomic E-state index is 12.8. The molecule has 0 amide bonds. The van der Waals surface area contributed by atoms with Crippen molar-refractivity contribution in [2.75, 3.05) is 0 Å². The smallest absolute Gasteiger partial charge is 0.341 e. The minimum Gasteiger partial charge on any atom is -0.477 e. The van der Waals surface area contributed by atoms with E-state index in [0.29, 0.717) is 6.07 Å². The van der Waals surface area contributed by atoms with Crippen molar-refractivity contribution >= 4 is 17.6 Å². The van der Waals surface area contributed by atoms with Crippen molar-refractivity contribution in [3.8, 4) is 0 Å². The number of hydrogen-bond donors (Lipinski definition) is 1. The fourth-order valence-electron chi connectivity index (χ4n) is 0.761. The zero-order valence-corrected chi connectivity index (χ0v) is 6.70. The Balaban J connectivity index is 3.56. The third-order valence-electron chi connectivity index (χ3n) is 1.33. The van der Waals surface area contributed by atoms with E-state index in [-0.39, 0.29) is 0 Å². The molecule has 1 aromatic carbocycles. The van der Waals surface area contributed by atoms with Gasteiger partial charge in [0.05, 0.1) is 5.02 Å². The molecule has 6 heteroatoms. The van der Waals surface area contributed by atoms with E-state index < -0.39 is 34.0 Å². The predicted octanol–water partition coefficient (Wildman–Crippen LogP) is 2.46. The average molecular weight is 211 g/mol. The van der Waals surface area contributed by atoms with Crippen molar-refractivity contribution in [1.82, 2.24) is 0 Å². The van der Waals surface area contributed by atoms with Gasteiger partial charge in [-0.1, -0.05) is 11.6 Å². The molecule has 1 rings (SSSR count). The van der Waals surface area contributed by atoms with Crippen LogP contribution < -0.4 is 0 Å². The molecule has 13 heavy (non-hydrogen) atoms. The van der Waals surface area contributed by atoms with E-state index in [1.807, 2.05) is 0 Å². The summed E-state index contributed by atoms with van der Waals surface area (Å²) < 4.78 is 37.9. The highest BCUT2D eigenvalue weighted by Crippen LogP contribution is 2.23. The van der Waals surface area contributed by atoms with Crippen LogP contribution in [0.2, 0.25) is 5.02 Å². The lowest BCUT2D eigenvalue weighted by Crippen LogP contribution is -2.07. The van der Waals surface area contributed by atoms with E-state index in [0.717, 1.165) is 0 Å². The molecule has 0 aliphatic carbocycles. The van der Waals surface area contributed by atoms with E-state index in [1.54, 1.807) is 0 Å². The Morgan fingerprint density at radius 1 is 1.31 bits per heavy atom. The summed E-state index contributed by atoms with van der Waals surface area (Å²) in [4.78, 5) is 10.2. The molecule has 0 aliphatic heterocycles. The molecule has 0 aromatic heterocycles. The molecular formula is C7H2ClF3O2. The molecule has 0 heterocycles. The van der Waals surface area contributed by atoms with Crippen molar-refractivity contribution in [1.29, 1.82) is 0 Å². The number of aromatic carboxylic acids is 1. The first-order valence-corrected chi connectivity index (χ1v) is 3.39. The average Bonchev–Trinajstić information content (AvgIpc) is 2.01. The summed E-state index contributed by atoms with van der Waals surface area (Å²) in [5, 5.41) is 7.52. The summed E-state index contributed by atoms with van der Waals surface area (Å²) in [7, 11) is 0. The van der Waals surface area contributed by atoms with E-state index in [9.17, 15) is 18.0 Å². The van der Waals surface area contributed by atoms with Crippen molar-refractivity contribution < 1.29 is 23.1 Å². The fourth-order valence-corrected chi connectivity index (χ4v) is 0.951. The summed E-state index contributed by atoms with van der Waals surface area (Å²) in [5.41, 5.74) is -1.38. The van der Waals surface area contributed by atoms with Gasteiger partial charge in [0.25, 0.3) is 0 Å². The Hall–Kier alpha value is -1.23. The van der Waals surface area contributed by atoms with Crippen LogP contribution in [0.1, 0.15) is 10.4 Å². The molecule has 0 radical (unpaired) electrons. The third-order valence-corrected chi connectivity index (χ3v) is 1.60. The van der Waals surface area contributed by atoms with E-state index >= 15 is 0 Å². The first kappa shape index (κ1) is 9.85. The van der Waals surface area contributed by atoms with Crippen LogP contribution in [-0.2, 0) is 0 Å². The molecule has 0 saturated carbocycles. The Morgan fingerprint density at radius 2 is 1.85 bits per heavy atom. The number of hydrogen-bond acceptors (Lipinski definition) is 1. The second kappa shape index (κ2) is 3.26. The second-order valence-corrected chi connectivity index (χ2v) is 2.56. The largest absolute Gasteiger partial charge is 0.477 e. The van der Waals surface area contributed by atoms with Crippen LogP contribution >= 0.6 is 11.6 Å². The fraction of sp³-hybridized carbons (Fsp3) is 0. The minimum absolute atomic E-state index is 0.374. The first-order chi connectivity index (χ1) is 5.95. The summed E-state index contributed by atoms with van der Waals surface area (Å²) in [6, 6.07) is 0.374. The predicted molar refractivity (Wildman–Crippen MR) is 38.3 cm³/mol. The monoisotopic (exact) mass is 210 g/mol. The Morgan fingerprint density at radius 3 is 2.31 bits per heavy atom. The third kappa shape index (κ3) is 1.60. The van der Waals surface area contributed by atoms with Crippen LogP contribution in [0.4, 0.5) is 13.2 Å². The number of benzene rings is 1. The minimum atomic E-state index is -1.91. The molecule has 0 aliphatic rings. The highest BCUT2D eigenvalue weighted by Gasteiger charge is 2.22. The Labute approximate surface area is 75.6 Å².